The zero-order valence-electron chi connectivity index (χ0n) is 18.5. The standard InChI is InChI=1S/C24H22N4O6/c1-3-33-23(30)20-19(27-24(31)28-21(20)14-4-7-16(32-2)8-5-14)13-34-22(29)15-6-9-17-18(12-15)26-11-10-25-17/h4-12,21H,3,13H2,1-2H3,(H2,27,28,31). The minimum absolute atomic E-state index is 0.136. The van der Waals surface area contributed by atoms with Crippen molar-refractivity contribution in [3.8, 4) is 5.75 Å². The summed E-state index contributed by atoms with van der Waals surface area (Å²) < 4.78 is 15.8. The van der Waals surface area contributed by atoms with Crippen LogP contribution in [0.1, 0.15) is 28.9 Å². The summed E-state index contributed by atoms with van der Waals surface area (Å²) in [5, 5.41) is 5.29. The Bertz CT molecular complexity index is 1270. The molecular weight excluding hydrogens is 440 g/mol. The lowest BCUT2D eigenvalue weighted by Gasteiger charge is -2.29. The second-order valence-electron chi connectivity index (χ2n) is 7.25. The molecule has 2 amide bonds. The number of carbonyl (C=O) groups excluding carboxylic acids is 3. The first-order valence-electron chi connectivity index (χ1n) is 10.5. The molecule has 10 heteroatoms. The Morgan fingerprint density at radius 1 is 0.971 bits per heavy atom. The molecule has 0 saturated carbocycles. The van der Waals surface area contributed by atoms with E-state index >= 15 is 0 Å². The largest absolute Gasteiger partial charge is 0.497 e. The first-order chi connectivity index (χ1) is 16.5. The van der Waals surface area contributed by atoms with Crippen molar-refractivity contribution >= 4 is 29.0 Å². The highest BCUT2D eigenvalue weighted by molar-refractivity contribution is 5.96. The Hall–Kier alpha value is -4.47. The predicted molar refractivity (Wildman–Crippen MR) is 121 cm³/mol. The molecule has 174 valence electrons. The highest BCUT2D eigenvalue weighted by Crippen LogP contribution is 2.29. The number of nitrogens with one attached hydrogen (secondary N) is 2. The van der Waals surface area contributed by atoms with Gasteiger partial charge in [-0.3, -0.25) is 9.97 Å². The number of rotatable bonds is 7. The maximum atomic E-state index is 12.8. The van der Waals surface area contributed by atoms with E-state index in [2.05, 4.69) is 20.6 Å². The van der Waals surface area contributed by atoms with Crippen LogP contribution in [0.15, 0.2) is 66.1 Å². The summed E-state index contributed by atoms with van der Waals surface area (Å²) in [6, 6.07) is 10.3. The summed E-state index contributed by atoms with van der Waals surface area (Å²) >= 11 is 0. The van der Waals surface area contributed by atoms with Crippen LogP contribution in [0.4, 0.5) is 4.79 Å². The molecule has 1 atom stereocenters. The molecule has 0 bridgehead atoms. The lowest BCUT2D eigenvalue weighted by molar-refractivity contribution is -0.139. The number of fused-ring (bicyclic) bond motifs is 1. The lowest BCUT2D eigenvalue weighted by atomic mass is 9.95. The van der Waals surface area contributed by atoms with Gasteiger partial charge in [0.05, 0.1) is 47.6 Å². The summed E-state index contributed by atoms with van der Waals surface area (Å²) in [5.74, 6) is -0.653. The number of carbonyl (C=O) groups is 3. The van der Waals surface area contributed by atoms with Crippen LogP contribution in [0.3, 0.4) is 0 Å². The molecule has 2 N–H and O–H groups in total. The number of methoxy groups -OCH3 is 1. The van der Waals surface area contributed by atoms with Crippen LogP contribution < -0.4 is 15.4 Å². The first kappa shape index (κ1) is 22.7. The molecule has 2 aromatic carbocycles. The van der Waals surface area contributed by atoms with Crippen LogP contribution in [0.5, 0.6) is 5.75 Å². The van der Waals surface area contributed by atoms with Gasteiger partial charge in [0.25, 0.3) is 0 Å². The van der Waals surface area contributed by atoms with Crippen molar-refractivity contribution in [1.82, 2.24) is 20.6 Å². The van der Waals surface area contributed by atoms with Gasteiger partial charge in [0, 0.05) is 12.4 Å². The number of ether oxygens (including phenoxy) is 3. The van der Waals surface area contributed by atoms with E-state index in [0.29, 0.717) is 22.3 Å². The van der Waals surface area contributed by atoms with E-state index in [4.69, 9.17) is 14.2 Å². The Morgan fingerprint density at radius 3 is 2.41 bits per heavy atom. The minimum Gasteiger partial charge on any atom is -0.497 e. The normalized spacial score (nSPS) is 15.4. The fourth-order valence-corrected chi connectivity index (χ4v) is 3.54. The van der Waals surface area contributed by atoms with Gasteiger partial charge in [-0.1, -0.05) is 12.1 Å². The highest BCUT2D eigenvalue weighted by Gasteiger charge is 2.34. The molecule has 0 saturated heterocycles. The summed E-state index contributed by atoms with van der Waals surface area (Å²) in [6.45, 7) is 1.47. The zero-order chi connectivity index (χ0) is 24.1. The number of nitrogens with zero attached hydrogens (tertiary/aromatic N) is 2. The van der Waals surface area contributed by atoms with Crippen molar-refractivity contribution in [1.29, 1.82) is 0 Å². The smallest absolute Gasteiger partial charge is 0.338 e. The van der Waals surface area contributed by atoms with Gasteiger partial charge in [-0.05, 0) is 42.8 Å². The highest BCUT2D eigenvalue weighted by atomic mass is 16.5. The molecule has 0 spiro atoms. The maximum absolute atomic E-state index is 12.8. The van der Waals surface area contributed by atoms with E-state index in [1.807, 2.05) is 0 Å². The lowest BCUT2D eigenvalue weighted by Crippen LogP contribution is -2.47. The third-order valence-corrected chi connectivity index (χ3v) is 5.15. The van der Waals surface area contributed by atoms with Gasteiger partial charge >= 0.3 is 18.0 Å². The van der Waals surface area contributed by atoms with Gasteiger partial charge < -0.3 is 24.8 Å². The quantitative estimate of drug-likeness (QED) is 0.513. The predicted octanol–water partition coefficient (Wildman–Crippen LogP) is 2.67. The minimum atomic E-state index is -0.802. The van der Waals surface area contributed by atoms with E-state index in [0.717, 1.165) is 0 Å². The molecule has 1 aliphatic rings. The van der Waals surface area contributed by atoms with Gasteiger partial charge in [0.15, 0.2) is 0 Å². The fraction of sp³-hybridized carbons (Fsp3) is 0.208. The first-order valence-corrected chi connectivity index (χ1v) is 10.5. The number of amides is 2. The number of hydrogen-bond donors (Lipinski definition) is 2. The van der Waals surface area contributed by atoms with Crippen molar-refractivity contribution in [3.63, 3.8) is 0 Å². The van der Waals surface area contributed by atoms with Crippen molar-refractivity contribution in [2.45, 2.75) is 13.0 Å². The number of hydrogen-bond acceptors (Lipinski definition) is 8. The van der Waals surface area contributed by atoms with Gasteiger partial charge in [0.2, 0.25) is 0 Å². The van der Waals surface area contributed by atoms with Crippen molar-refractivity contribution in [2.75, 3.05) is 20.3 Å². The third-order valence-electron chi connectivity index (χ3n) is 5.15. The van der Waals surface area contributed by atoms with Crippen LogP contribution >= 0.6 is 0 Å². The molecule has 1 aromatic heterocycles. The van der Waals surface area contributed by atoms with E-state index in [-0.39, 0.29) is 30.0 Å². The van der Waals surface area contributed by atoms with Crippen LogP contribution in [0.25, 0.3) is 11.0 Å². The summed E-state index contributed by atoms with van der Waals surface area (Å²) in [5.41, 5.74) is 2.35. The number of benzene rings is 2. The topological polar surface area (TPSA) is 129 Å². The Balaban J connectivity index is 1.62. The Labute approximate surface area is 194 Å². The average Bonchev–Trinajstić information content (AvgIpc) is 2.86. The van der Waals surface area contributed by atoms with Gasteiger partial charge in [-0.15, -0.1) is 0 Å². The van der Waals surface area contributed by atoms with E-state index < -0.39 is 24.0 Å². The number of urea groups is 1. The molecule has 1 aliphatic heterocycles. The second-order valence-corrected chi connectivity index (χ2v) is 7.25. The Kier molecular flexibility index (Phi) is 6.67. The molecule has 2 heterocycles. The molecule has 0 fully saturated rings. The molecule has 10 nitrogen and oxygen atoms in total. The van der Waals surface area contributed by atoms with Gasteiger partial charge in [-0.25, -0.2) is 14.4 Å². The second kappa shape index (κ2) is 9.99. The molecule has 0 radical (unpaired) electrons. The SMILES string of the molecule is CCOC(=O)C1=C(COC(=O)c2ccc3nccnc3c2)NC(=O)NC1c1ccc(OC)cc1. The van der Waals surface area contributed by atoms with E-state index in [9.17, 15) is 14.4 Å². The maximum Gasteiger partial charge on any atom is 0.338 e. The van der Waals surface area contributed by atoms with Crippen molar-refractivity contribution in [3.05, 3.63) is 77.3 Å². The summed E-state index contributed by atoms with van der Waals surface area (Å²) in [7, 11) is 1.54. The van der Waals surface area contributed by atoms with E-state index in [1.54, 1.807) is 62.7 Å². The van der Waals surface area contributed by atoms with Gasteiger partial charge in [-0.2, -0.15) is 0 Å². The third kappa shape index (κ3) is 4.80. The van der Waals surface area contributed by atoms with Crippen LogP contribution in [0.2, 0.25) is 0 Å². The molecular formula is C24H22N4O6. The molecule has 0 aliphatic carbocycles. The van der Waals surface area contributed by atoms with Crippen LogP contribution in [-0.2, 0) is 14.3 Å². The number of aromatic nitrogens is 2. The fourth-order valence-electron chi connectivity index (χ4n) is 3.54. The number of esters is 2. The van der Waals surface area contributed by atoms with Gasteiger partial charge in [0.1, 0.15) is 12.4 Å². The van der Waals surface area contributed by atoms with E-state index in [1.165, 1.54) is 6.20 Å². The monoisotopic (exact) mass is 462 g/mol. The average molecular weight is 462 g/mol. The molecule has 1 unspecified atom stereocenters. The van der Waals surface area contributed by atoms with Crippen molar-refractivity contribution < 1.29 is 28.6 Å². The zero-order valence-corrected chi connectivity index (χ0v) is 18.5. The molecule has 3 aromatic rings. The summed E-state index contributed by atoms with van der Waals surface area (Å²) in [4.78, 5) is 46.2. The van der Waals surface area contributed by atoms with Crippen molar-refractivity contribution in [2.24, 2.45) is 0 Å². The van der Waals surface area contributed by atoms with Crippen LogP contribution in [0, 0.1) is 0 Å². The Morgan fingerprint density at radius 2 is 1.71 bits per heavy atom. The summed E-state index contributed by atoms with van der Waals surface area (Å²) in [6.07, 6.45) is 3.08. The molecule has 4 rings (SSSR count). The molecule has 34 heavy (non-hydrogen) atoms. The van der Waals surface area contributed by atoms with Crippen LogP contribution in [-0.4, -0.2) is 48.3 Å².